The van der Waals surface area contributed by atoms with E-state index in [0.29, 0.717) is 17.1 Å². The second-order valence-electron chi connectivity index (χ2n) is 2.08. The second kappa shape index (κ2) is 3.52. The number of halogens is 3. The van der Waals surface area contributed by atoms with Crippen molar-refractivity contribution in [3.8, 4) is 0 Å². The van der Waals surface area contributed by atoms with Crippen LogP contribution in [0.5, 0.6) is 0 Å². The van der Waals surface area contributed by atoms with Gasteiger partial charge in [0, 0.05) is 6.54 Å². The molecule has 0 aromatic heterocycles. The lowest BCUT2D eigenvalue weighted by atomic mass is 10.2. The van der Waals surface area contributed by atoms with Gasteiger partial charge in [-0.1, -0.05) is 11.6 Å². The molecular weight excluding hydrogens is 232 g/mol. The number of rotatable bonds is 1. The quantitative estimate of drug-likeness (QED) is 0.748. The van der Waals surface area contributed by atoms with Crippen LogP contribution < -0.4 is 5.73 Å². The molecule has 0 bridgehead atoms. The van der Waals surface area contributed by atoms with E-state index >= 15 is 0 Å². The van der Waals surface area contributed by atoms with Gasteiger partial charge in [-0.3, -0.25) is 0 Å². The molecule has 1 nitrogen and oxygen atoms in total. The van der Waals surface area contributed by atoms with Crippen molar-refractivity contribution in [2.75, 3.05) is 0 Å². The van der Waals surface area contributed by atoms with Gasteiger partial charge in [-0.05, 0) is 33.6 Å². The largest absolute Gasteiger partial charge is 0.326 e. The summed E-state index contributed by atoms with van der Waals surface area (Å²) in [5.74, 6) is -0.377. The first-order valence-corrected chi connectivity index (χ1v) is 4.15. The lowest BCUT2D eigenvalue weighted by molar-refractivity contribution is 0.619. The molecule has 0 saturated carbocycles. The Morgan fingerprint density at radius 3 is 2.64 bits per heavy atom. The highest BCUT2D eigenvalue weighted by Gasteiger charge is 2.04. The molecule has 0 aliphatic carbocycles. The van der Waals surface area contributed by atoms with E-state index in [1.165, 1.54) is 6.07 Å². The normalized spacial score (nSPS) is 10.2. The molecule has 60 valence electrons. The second-order valence-corrected chi connectivity index (χ2v) is 3.28. The van der Waals surface area contributed by atoms with Gasteiger partial charge in [-0.15, -0.1) is 0 Å². The molecule has 2 N–H and O–H groups in total. The summed E-state index contributed by atoms with van der Waals surface area (Å²) in [5.41, 5.74) is 5.99. The molecule has 11 heavy (non-hydrogen) atoms. The van der Waals surface area contributed by atoms with Gasteiger partial charge in [-0.2, -0.15) is 0 Å². The molecule has 0 fully saturated rings. The summed E-state index contributed by atoms with van der Waals surface area (Å²) >= 11 is 8.65. The average molecular weight is 238 g/mol. The molecule has 0 radical (unpaired) electrons. The lowest BCUT2D eigenvalue weighted by Crippen LogP contribution is -1.97. The van der Waals surface area contributed by atoms with E-state index in [1.54, 1.807) is 6.07 Å². The zero-order valence-electron chi connectivity index (χ0n) is 5.57. The van der Waals surface area contributed by atoms with Crippen molar-refractivity contribution in [3.63, 3.8) is 0 Å². The Labute approximate surface area is 77.5 Å². The van der Waals surface area contributed by atoms with Gasteiger partial charge in [0.2, 0.25) is 0 Å². The van der Waals surface area contributed by atoms with Gasteiger partial charge in [0.25, 0.3) is 0 Å². The summed E-state index contributed by atoms with van der Waals surface area (Å²) in [6.07, 6.45) is 0. The third-order valence-electron chi connectivity index (χ3n) is 1.28. The molecule has 0 spiro atoms. The van der Waals surface area contributed by atoms with Crippen molar-refractivity contribution in [2.45, 2.75) is 6.54 Å². The molecule has 1 aromatic carbocycles. The van der Waals surface area contributed by atoms with Crippen molar-refractivity contribution in [2.24, 2.45) is 5.73 Å². The van der Waals surface area contributed by atoms with Crippen molar-refractivity contribution < 1.29 is 4.39 Å². The average Bonchev–Trinajstić information content (AvgIpc) is 1.99. The summed E-state index contributed by atoms with van der Waals surface area (Å²) in [5, 5.41) is 0.352. The standard InChI is InChI=1S/C7H6BrClFN/c8-7-5(9)1-4(3-11)2-6(7)10/h1-2H,3,11H2. The number of hydrogen-bond acceptors (Lipinski definition) is 1. The summed E-state index contributed by atoms with van der Waals surface area (Å²) in [6, 6.07) is 2.99. The minimum absolute atomic E-state index is 0.288. The zero-order valence-corrected chi connectivity index (χ0v) is 7.91. The third-order valence-corrected chi connectivity index (χ3v) is 2.61. The van der Waals surface area contributed by atoms with Gasteiger partial charge >= 0.3 is 0 Å². The maximum atomic E-state index is 12.8. The van der Waals surface area contributed by atoms with E-state index in [2.05, 4.69) is 15.9 Å². The van der Waals surface area contributed by atoms with Crippen molar-refractivity contribution in [1.82, 2.24) is 0 Å². The van der Waals surface area contributed by atoms with Crippen LogP contribution in [0.4, 0.5) is 4.39 Å². The fraction of sp³-hybridized carbons (Fsp3) is 0.143. The summed E-state index contributed by atoms with van der Waals surface area (Å²) < 4.78 is 13.1. The van der Waals surface area contributed by atoms with Gasteiger partial charge in [-0.25, -0.2) is 4.39 Å². The highest BCUT2D eigenvalue weighted by Crippen LogP contribution is 2.26. The predicted octanol–water partition coefficient (Wildman–Crippen LogP) is 2.70. The Hall–Kier alpha value is -0.120. The van der Waals surface area contributed by atoms with Crippen molar-refractivity contribution in [3.05, 3.63) is 33.0 Å². The number of hydrogen-bond donors (Lipinski definition) is 1. The molecule has 1 rings (SSSR count). The van der Waals surface area contributed by atoms with Crippen molar-refractivity contribution >= 4 is 27.5 Å². The van der Waals surface area contributed by atoms with Crippen LogP contribution in [0, 0.1) is 5.82 Å². The maximum absolute atomic E-state index is 12.8. The van der Waals surface area contributed by atoms with Crippen LogP contribution in [0.15, 0.2) is 16.6 Å². The first kappa shape index (κ1) is 8.97. The minimum Gasteiger partial charge on any atom is -0.326 e. The molecule has 0 unspecified atom stereocenters. The van der Waals surface area contributed by atoms with Gasteiger partial charge in [0.1, 0.15) is 5.82 Å². The molecule has 0 aliphatic heterocycles. The fourth-order valence-electron chi connectivity index (χ4n) is 0.726. The Morgan fingerprint density at radius 2 is 2.18 bits per heavy atom. The zero-order chi connectivity index (χ0) is 8.43. The smallest absolute Gasteiger partial charge is 0.139 e. The minimum atomic E-state index is -0.377. The first-order chi connectivity index (χ1) is 5.15. The predicted molar refractivity (Wildman–Crippen MR) is 47.0 cm³/mol. The van der Waals surface area contributed by atoms with Crippen LogP contribution in [0.3, 0.4) is 0 Å². The Kier molecular flexibility index (Phi) is 2.87. The van der Waals surface area contributed by atoms with Crippen LogP contribution in [0.25, 0.3) is 0 Å². The highest BCUT2D eigenvalue weighted by molar-refractivity contribution is 9.10. The van der Waals surface area contributed by atoms with Crippen LogP contribution in [0.2, 0.25) is 5.02 Å². The summed E-state index contributed by atoms with van der Waals surface area (Å²) in [7, 11) is 0. The van der Waals surface area contributed by atoms with E-state index in [4.69, 9.17) is 17.3 Å². The summed E-state index contributed by atoms with van der Waals surface area (Å²) in [4.78, 5) is 0. The number of benzene rings is 1. The summed E-state index contributed by atoms with van der Waals surface area (Å²) in [6.45, 7) is 0.296. The molecule has 4 heteroatoms. The van der Waals surface area contributed by atoms with E-state index in [1.807, 2.05) is 0 Å². The molecule has 1 aromatic rings. The molecule has 0 aliphatic rings. The molecule has 0 saturated heterocycles. The Morgan fingerprint density at radius 1 is 1.55 bits per heavy atom. The van der Waals surface area contributed by atoms with Crippen LogP contribution in [0.1, 0.15) is 5.56 Å². The van der Waals surface area contributed by atoms with E-state index in [-0.39, 0.29) is 10.3 Å². The Bertz CT molecular complexity index is 254. The van der Waals surface area contributed by atoms with E-state index < -0.39 is 0 Å². The molecule has 0 atom stereocenters. The maximum Gasteiger partial charge on any atom is 0.139 e. The first-order valence-electron chi connectivity index (χ1n) is 2.98. The monoisotopic (exact) mass is 237 g/mol. The third kappa shape index (κ3) is 1.92. The van der Waals surface area contributed by atoms with Crippen LogP contribution in [-0.2, 0) is 6.54 Å². The SMILES string of the molecule is NCc1cc(F)c(Br)c(Cl)c1. The Balaban J connectivity index is 3.21. The topological polar surface area (TPSA) is 26.0 Å². The van der Waals surface area contributed by atoms with Gasteiger partial charge in [0.15, 0.2) is 0 Å². The van der Waals surface area contributed by atoms with Crippen LogP contribution in [-0.4, -0.2) is 0 Å². The highest BCUT2D eigenvalue weighted by atomic mass is 79.9. The van der Waals surface area contributed by atoms with E-state index in [0.717, 1.165) is 0 Å². The molecular formula is C7H6BrClFN. The fourth-order valence-corrected chi connectivity index (χ4v) is 1.19. The molecule has 0 heterocycles. The lowest BCUT2D eigenvalue weighted by Gasteiger charge is -2.00. The van der Waals surface area contributed by atoms with Crippen LogP contribution >= 0.6 is 27.5 Å². The number of nitrogens with two attached hydrogens (primary N) is 1. The molecule has 0 amide bonds. The van der Waals surface area contributed by atoms with Crippen molar-refractivity contribution in [1.29, 1.82) is 0 Å². The van der Waals surface area contributed by atoms with Gasteiger partial charge in [0.05, 0.1) is 9.50 Å². The van der Waals surface area contributed by atoms with E-state index in [9.17, 15) is 4.39 Å². The van der Waals surface area contributed by atoms with Gasteiger partial charge < -0.3 is 5.73 Å².